The summed E-state index contributed by atoms with van der Waals surface area (Å²) in [7, 11) is 0. The topological polar surface area (TPSA) is 53.8 Å². The van der Waals surface area contributed by atoms with Gasteiger partial charge in [0.25, 0.3) is 0 Å². The lowest BCUT2D eigenvalue weighted by Crippen LogP contribution is -2.24. The predicted molar refractivity (Wildman–Crippen MR) is 94.8 cm³/mol. The highest BCUT2D eigenvalue weighted by Gasteiger charge is 2.29. The fraction of sp³-hybridized carbons (Fsp3) is 0.167. The largest absolute Gasteiger partial charge is 0.303 e. The van der Waals surface area contributed by atoms with E-state index in [0.717, 1.165) is 23.3 Å². The van der Waals surface area contributed by atoms with Gasteiger partial charge in [-0.05, 0) is 17.5 Å². The summed E-state index contributed by atoms with van der Waals surface area (Å²) in [6, 6.07) is 16.4. The molecule has 4 nitrogen and oxygen atoms in total. The molecular weight excluding hydrogens is 306 g/mol. The molecule has 1 aliphatic heterocycles. The smallest absolute Gasteiger partial charge is 0.239 e. The maximum absolute atomic E-state index is 11.7. The van der Waals surface area contributed by atoms with E-state index in [4.69, 9.17) is 0 Å². The van der Waals surface area contributed by atoms with Gasteiger partial charge in [0, 0.05) is 11.1 Å². The number of nitrogens with one attached hydrogen (secondary N) is 1. The van der Waals surface area contributed by atoms with Crippen LogP contribution in [-0.2, 0) is 4.79 Å². The van der Waals surface area contributed by atoms with Crippen LogP contribution in [0.2, 0.25) is 0 Å². The number of amidine groups is 1. The van der Waals surface area contributed by atoms with Gasteiger partial charge in [-0.1, -0.05) is 67.2 Å². The molecular formula is C18H15N3OS. The molecule has 0 aromatic heterocycles. The fourth-order valence-electron chi connectivity index (χ4n) is 2.92. The molecule has 0 radical (unpaired) electrons. The molecule has 2 aromatic rings. The van der Waals surface area contributed by atoms with Crippen molar-refractivity contribution < 1.29 is 4.79 Å². The number of carbonyl (C=O) groups is 1. The van der Waals surface area contributed by atoms with E-state index < -0.39 is 0 Å². The molecule has 1 unspecified atom stereocenters. The fourth-order valence-corrected chi connectivity index (χ4v) is 3.77. The highest BCUT2D eigenvalue weighted by atomic mass is 32.2. The molecule has 114 valence electrons. The second-order valence-electron chi connectivity index (χ2n) is 5.45. The number of nitrogens with zero attached hydrogens (tertiary/aromatic N) is 2. The summed E-state index contributed by atoms with van der Waals surface area (Å²) in [6.45, 7) is 2.00. The molecule has 0 bridgehead atoms. The van der Waals surface area contributed by atoms with Crippen LogP contribution < -0.4 is 5.32 Å². The van der Waals surface area contributed by atoms with Crippen LogP contribution in [0.5, 0.6) is 0 Å². The predicted octanol–water partition coefficient (Wildman–Crippen LogP) is 3.42. The number of rotatable bonds is 2. The Bertz CT molecular complexity index is 809. The monoisotopic (exact) mass is 321 g/mol. The maximum Gasteiger partial charge on any atom is 0.239 e. The number of hydrogen-bond acceptors (Lipinski definition) is 4. The third-order valence-corrected chi connectivity index (χ3v) is 5.28. The van der Waals surface area contributed by atoms with Gasteiger partial charge in [-0.15, -0.1) is 10.2 Å². The zero-order valence-corrected chi connectivity index (χ0v) is 13.4. The molecule has 1 aliphatic carbocycles. The zero-order valence-electron chi connectivity index (χ0n) is 12.6. The Morgan fingerprint density at radius 2 is 1.52 bits per heavy atom. The van der Waals surface area contributed by atoms with Crippen LogP contribution in [0.3, 0.4) is 0 Å². The van der Waals surface area contributed by atoms with Gasteiger partial charge >= 0.3 is 0 Å². The molecule has 2 aliphatic rings. The van der Waals surface area contributed by atoms with E-state index >= 15 is 0 Å². The van der Waals surface area contributed by atoms with Crippen molar-refractivity contribution in [3.05, 3.63) is 59.7 Å². The Morgan fingerprint density at radius 3 is 2.04 bits per heavy atom. The molecule has 1 N–H and O–H groups in total. The van der Waals surface area contributed by atoms with Crippen molar-refractivity contribution in [2.75, 3.05) is 0 Å². The van der Waals surface area contributed by atoms with Gasteiger partial charge < -0.3 is 5.32 Å². The van der Waals surface area contributed by atoms with Gasteiger partial charge in [-0.25, -0.2) is 0 Å². The Labute approximate surface area is 138 Å². The number of fused-ring (bicyclic) bond motifs is 3. The second-order valence-corrected chi connectivity index (χ2v) is 6.64. The molecule has 2 aromatic carbocycles. The summed E-state index contributed by atoms with van der Waals surface area (Å²) in [5.41, 5.74) is 5.38. The van der Waals surface area contributed by atoms with E-state index in [0.29, 0.717) is 5.17 Å². The SMILES string of the molecule is CCC1S/C(=N/N=C2c3ccccc3-c3ccccc32)NC1=O. The van der Waals surface area contributed by atoms with Crippen molar-refractivity contribution in [1.82, 2.24) is 5.32 Å². The molecule has 1 amide bonds. The van der Waals surface area contributed by atoms with Gasteiger partial charge in [-0.2, -0.15) is 0 Å². The third kappa shape index (κ3) is 2.37. The van der Waals surface area contributed by atoms with Gasteiger partial charge in [0.1, 0.15) is 5.71 Å². The van der Waals surface area contributed by atoms with Crippen molar-refractivity contribution in [3.8, 4) is 11.1 Å². The second kappa shape index (κ2) is 5.66. The van der Waals surface area contributed by atoms with Crippen LogP contribution >= 0.6 is 11.8 Å². The van der Waals surface area contributed by atoms with E-state index in [1.54, 1.807) is 0 Å². The molecule has 1 saturated heterocycles. The minimum absolute atomic E-state index is 0.0173. The first-order chi connectivity index (χ1) is 11.3. The van der Waals surface area contributed by atoms with Crippen molar-refractivity contribution in [3.63, 3.8) is 0 Å². The first-order valence-electron chi connectivity index (χ1n) is 7.60. The lowest BCUT2D eigenvalue weighted by Gasteiger charge is -1.99. The minimum Gasteiger partial charge on any atom is -0.303 e. The lowest BCUT2D eigenvalue weighted by molar-refractivity contribution is -0.118. The molecule has 0 spiro atoms. The molecule has 23 heavy (non-hydrogen) atoms. The Balaban J connectivity index is 1.76. The van der Waals surface area contributed by atoms with Crippen LogP contribution in [0.1, 0.15) is 24.5 Å². The summed E-state index contributed by atoms with van der Waals surface area (Å²) in [4.78, 5) is 11.7. The lowest BCUT2D eigenvalue weighted by atomic mass is 10.1. The zero-order chi connectivity index (χ0) is 15.8. The Morgan fingerprint density at radius 1 is 0.957 bits per heavy atom. The van der Waals surface area contributed by atoms with Crippen LogP contribution in [0.15, 0.2) is 58.7 Å². The molecule has 4 rings (SSSR count). The molecule has 1 atom stereocenters. The van der Waals surface area contributed by atoms with E-state index in [1.165, 1.54) is 22.9 Å². The Kier molecular flexibility index (Phi) is 3.50. The normalized spacial score (nSPS) is 20.4. The number of thioether (sulfide) groups is 1. The Hall–Kier alpha value is -2.40. The summed E-state index contributed by atoms with van der Waals surface area (Å²) in [6.07, 6.45) is 0.789. The number of hydrogen-bond donors (Lipinski definition) is 1. The molecule has 1 heterocycles. The van der Waals surface area contributed by atoms with Crippen molar-refractivity contribution in [2.45, 2.75) is 18.6 Å². The summed E-state index contributed by atoms with van der Waals surface area (Å²) in [5, 5.41) is 12.1. The highest BCUT2D eigenvalue weighted by molar-refractivity contribution is 8.15. The van der Waals surface area contributed by atoms with Crippen LogP contribution in [-0.4, -0.2) is 22.0 Å². The standard InChI is InChI=1S/C18H15N3OS/c1-2-15-17(22)19-18(23-15)21-20-16-13-9-5-3-7-11(13)12-8-4-6-10-14(12)16/h3-10,15H,2H2,1H3,(H,19,21,22). The van der Waals surface area contributed by atoms with E-state index in [-0.39, 0.29) is 11.2 Å². The van der Waals surface area contributed by atoms with Crippen LogP contribution in [0.25, 0.3) is 11.1 Å². The van der Waals surface area contributed by atoms with Crippen molar-refractivity contribution >= 4 is 28.5 Å². The van der Waals surface area contributed by atoms with Crippen LogP contribution in [0.4, 0.5) is 0 Å². The number of amides is 1. The van der Waals surface area contributed by atoms with Crippen LogP contribution in [0, 0.1) is 0 Å². The van der Waals surface area contributed by atoms with E-state index in [2.05, 4.69) is 39.8 Å². The summed E-state index contributed by atoms with van der Waals surface area (Å²) < 4.78 is 0. The average Bonchev–Trinajstić information content (AvgIpc) is 3.11. The molecule has 5 heteroatoms. The first-order valence-corrected chi connectivity index (χ1v) is 8.48. The minimum atomic E-state index is -0.0582. The van der Waals surface area contributed by atoms with Crippen molar-refractivity contribution in [1.29, 1.82) is 0 Å². The van der Waals surface area contributed by atoms with Gasteiger partial charge in [0.15, 0.2) is 5.17 Å². The number of benzene rings is 2. The summed E-state index contributed by atoms with van der Waals surface area (Å²) in [5.74, 6) is 0.0173. The molecule has 0 saturated carbocycles. The first kappa shape index (κ1) is 14.2. The van der Waals surface area contributed by atoms with E-state index in [1.807, 2.05) is 31.2 Å². The highest BCUT2D eigenvalue weighted by Crippen LogP contribution is 2.36. The van der Waals surface area contributed by atoms with Gasteiger partial charge in [0.2, 0.25) is 5.91 Å². The quantitative estimate of drug-likeness (QED) is 0.735. The number of carbonyl (C=O) groups excluding carboxylic acids is 1. The van der Waals surface area contributed by atoms with E-state index in [9.17, 15) is 4.79 Å². The summed E-state index contributed by atoms with van der Waals surface area (Å²) >= 11 is 1.45. The van der Waals surface area contributed by atoms with Gasteiger partial charge in [0.05, 0.1) is 5.25 Å². The molecule has 1 fully saturated rings. The average molecular weight is 321 g/mol. The van der Waals surface area contributed by atoms with Crippen molar-refractivity contribution in [2.24, 2.45) is 10.2 Å². The third-order valence-electron chi connectivity index (χ3n) is 4.04. The maximum atomic E-state index is 11.7. The van der Waals surface area contributed by atoms with Gasteiger partial charge in [-0.3, -0.25) is 4.79 Å².